The number of nitrogens with zero attached hydrogens (tertiary/aromatic N) is 2. The van der Waals surface area contributed by atoms with Crippen LogP contribution in [0.1, 0.15) is 12.0 Å². The lowest BCUT2D eigenvalue weighted by Crippen LogP contribution is -2.08. The third kappa shape index (κ3) is 3.48. The Bertz CT molecular complexity index is 473. The largest absolute Gasteiger partial charge is 0.356 e. The van der Waals surface area contributed by atoms with Gasteiger partial charge in [-0.1, -0.05) is 36.4 Å². The van der Waals surface area contributed by atoms with E-state index in [1.807, 2.05) is 24.5 Å². The van der Waals surface area contributed by atoms with Crippen molar-refractivity contribution >= 4 is 5.95 Å². The zero-order chi connectivity index (χ0) is 12.6. The third-order valence-corrected chi connectivity index (χ3v) is 2.81. The van der Waals surface area contributed by atoms with Crippen LogP contribution in [0.25, 0.3) is 0 Å². The van der Waals surface area contributed by atoms with Gasteiger partial charge >= 0.3 is 0 Å². The quantitative estimate of drug-likeness (QED) is 0.596. The van der Waals surface area contributed by atoms with Crippen LogP contribution in [-0.2, 0) is 13.0 Å². The van der Waals surface area contributed by atoms with E-state index < -0.39 is 0 Å². The van der Waals surface area contributed by atoms with E-state index in [4.69, 9.17) is 0 Å². The molecule has 94 valence electrons. The van der Waals surface area contributed by atoms with Gasteiger partial charge in [0.2, 0.25) is 5.95 Å². The van der Waals surface area contributed by atoms with Gasteiger partial charge < -0.3 is 9.88 Å². The lowest BCUT2D eigenvalue weighted by atomic mass is 10.1. The first-order chi connectivity index (χ1) is 8.90. The number of imidazole rings is 1. The number of benzene rings is 1. The third-order valence-electron chi connectivity index (χ3n) is 2.81. The molecule has 0 atom stereocenters. The summed E-state index contributed by atoms with van der Waals surface area (Å²) in [5.41, 5.74) is 1.38. The zero-order valence-corrected chi connectivity index (χ0v) is 10.5. The van der Waals surface area contributed by atoms with Crippen molar-refractivity contribution in [2.24, 2.45) is 0 Å². The number of aromatic nitrogens is 2. The predicted molar refractivity (Wildman–Crippen MR) is 75.7 cm³/mol. The Hall–Kier alpha value is -2.03. The monoisotopic (exact) mass is 241 g/mol. The Kier molecular flexibility index (Phi) is 4.59. The number of nitrogens with one attached hydrogen (secondary N) is 1. The molecule has 1 heterocycles. The molecule has 0 saturated heterocycles. The molecule has 3 nitrogen and oxygen atoms in total. The summed E-state index contributed by atoms with van der Waals surface area (Å²) in [6.45, 7) is 5.46. The molecule has 0 spiro atoms. The SMILES string of the molecule is C=CCn1ccnc1NCCCc1ccccc1. The molecule has 1 aromatic carbocycles. The van der Waals surface area contributed by atoms with Gasteiger partial charge in [0.05, 0.1) is 0 Å². The normalized spacial score (nSPS) is 10.2. The first kappa shape index (κ1) is 12.4. The van der Waals surface area contributed by atoms with Crippen molar-refractivity contribution in [2.45, 2.75) is 19.4 Å². The predicted octanol–water partition coefficient (Wildman–Crippen LogP) is 3.11. The molecule has 0 aliphatic rings. The highest BCUT2D eigenvalue weighted by Crippen LogP contribution is 2.06. The minimum Gasteiger partial charge on any atom is -0.356 e. The summed E-state index contributed by atoms with van der Waals surface area (Å²) in [7, 11) is 0. The molecule has 1 aromatic heterocycles. The number of hydrogen-bond acceptors (Lipinski definition) is 2. The van der Waals surface area contributed by atoms with E-state index in [1.54, 1.807) is 0 Å². The fourth-order valence-electron chi connectivity index (χ4n) is 1.90. The molecule has 0 saturated carbocycles. The molecule has 0 aliphatic carbocycles. The highest BCUT2D eigenvalue weighted by atomic mass is 15.2. The van der Waals surface area contributed by atoms with Crippen molar-refractivity contribution in [2.75, 3.05) is 11.9 Å². The summed E-state index contributed by atoms with van der Waals surface area (Å²) in [6, 6.07) is 10.5. The van der Waals surface area contributed by atoms with Gasteiger partial charge in [-0.25, -0.2) is 4.98 Å². The molecule has 0 unspecified atom stereocenters. The van der Waals surface area contributed by atoms with Gasteiger partial charge in [-0.2, -0.15) is 0 Å². The first-order valence-corrected chi connectivity index (χ1v) is 6.30. The fraction of sp³-hybridized carbons (Fsp3) is 0.267. The number of allylic oxidation sites excluding steroid dienone is 1. The Morgan fingerprint density at radius 3 is 2.89 bits per heavy atom. The van der Waals surface area contributed by atoms with Crippen molar-refractivity contribution in [1.29, 1.82) is 0 Å². The van der Waals surface area contributed by atoms with Crippen molar-refractivity contribution in [3.05, 3.63) is 60.9 Å². The molecule has 0 fully saturated rings. The fourth-order valence-corrected chi connectivity index (χ4v) is 1.90. The second kappa shape index (κ2) is 6.64. The second-order valence-electron chi connectivity index (χ2n) is 4.21. The minimum atomic E-state index is 0.793. The van der Waals surface area contributed by atoms with Gasteiger partial charge in [0.25, 0.3) is 0 Å². The van der Waals surface area contributed by atoms with Crippen molar-refractivity contribution < 1.29 is 0 Å². The summed E-state index contributed by atoms with van der Waals surface area (Å²) >= 11 is 0. The lowest BCUT2D eigenvalue weighted by Gasteiger charge is -2.07. The van der Waals surface area contributed by atoms with E-state index in [9.17, 15) is 0 Å². The van der Waals surface area contributed by atoms with Crippen LogP contribution in [0.2, 0.25) is 0 Å². The molecule has 2 aromatic rings. The van der Waals surface area contributed by atoms with Crippen LogP contribution in [0.3, 0.4) is 0 Å². The van der Waals surface area contributed by atoms with Crippen LogP contribution in [0, 0.1) is 0 Å². The molecule has 0 bridgehead atoms. The number of anilines is 1. The maximum Gasteiger partial charge on any atom is 0.203 e. The van der Waals surface area contributed by atoms with Crippen LogP contribution < -0.4 is 5.32 Å². The van der Waals surface area contributed by atoms with E-state index >= 15 is 0 Å². The van der Waals surface area contributed by atoms with Gasteiger partial charge in [0.1, 0.15) is 0 Å². The number of aryl methyl sites for hydroxylation is 1. The summed E-state index contributed by atoms with van der Waals surface area (Å²) in [5.74, 6) is 0.919. The van der Waals surface area contributed by atoms with E-state index in [1.165, 1.54) is 5.56 Å². The molecular formula is C15H19N3. The topological polar surface area (TPSA) is 29.9 Å². The number of hydrogen-bond donors (Lipinski definition) is 1. The van der Waals surface area contributed by atoms with E-state index in [-0.39, 0.29) is 0 Å². The van der Waals surface area contributed by atoms with E-state index in [0.29, 0.717) is 0 Å². The van der Waals surface area contributed by atoms with Crippen LogP contribution >= 0.6 is 0 Å². The van der Waals surface area contributed by atoms with E-state index in [2.05, 4.69) is 45.7 Å². The summed E-state index contributed by atoms with van der Waals surface area (Å²) < 4.78 is 2.05. The van der Waals surface area contributed by atoms with Crippen LogP contribution in [-0.4, -0.2) is 16.1 Å². The summed E-state index contributed by atoms with van der Waals surface area (Å²) in [4.78, 5) is 4.28. The highest BCUT2D eigenvalue weighted by Gasteiger charge is 1.99. The number of rotatable bonds is 7. The first-order valence-electron chi connectivity index (χ1n) is 6.30. The molecule has 3 heteroatoms. The van der Waals surface area contributed by atoms with E-state index in [0.717, 1.165) is 31.9 Å². The van der Waals surface area contributed by atoms with Crippen LogP contribution in [0.5, 0.6) is 0 Å². The minimum absolute atomic E-state index is 0.793. The second-order valence-corrected chi connectivity index (χ2v) is 4.21. The van der Waals surface area contributed by atoms with Gasteiger partial charge in [0.15, 0.2) is 0 Å². The molecule has 0 aliphatic heterocycles. The zero-order valence-electron chi connectivity index (χ0n) is 10.5. The standard InChI is InChI=1S/C15H19N3/c1-2-12-18-13-11-17-15(18)16-10-6-9-14-7-4-3-5-8-14/h2-5,7-8,11,13H,1,6,9-10,12H2,(H,16,17). The molecular weight excluding hydrogens is 222 g/mol. The average molecular weight is 241 g/mol. The maximum absolute atomic E-state index is 4.28. The highest BCUT2D eigenvalue weighted by molar-refractivity contribution is 5.26. The van der Waals surface area contributed by atoms with Crippen molar-refractivity contribution in [1.82, 2.24) is 9.55 Å². The lowest BCUT2D eigenvalue weighted by molar-refractivity contribution is 0.797. The smallest absolute Gasteiger partial charge is 0.203 e. The molecule has 1 N–H and O–H groups in total. The molecule has 0 radical (unpaired) electrons. The van der Waals surface area contributed by atoms with Gasteiger partial charge in [-0.3, -0.25) is 0 Å². The van der Waals surface area contributed by atoms with Gasteiger partial charge in [0, 0.05) is 25.5 Å². The van der Waals surface area contributed by atoms with Crippen LogP contribution in [0.4, 0.5) is 5.95 Å². The van der Waals surface area contributed by atoms with Gasteiger partial charge in [-0.05, 0) is 18.4 Å². The Labute approximate surface area is 108 Å². The molecule has 2 rings (SSSR count). The van der Waals surface area contributed by atoms with Crippen molar-refractivity contribution in [3.8, 4) is 0 Å². The van der Waals surface area contributed by atoms with Gasteiger partial charge in [-0.15, -0.1) is 6.58 Å². The summed E-state index contributed by atoms with van der Waals surface area (Å²) in [6.07, 6.45) is 7.84. The molecule has 0 amide bonds. The average Bonchev–Trinajstić information content (AvgIpc) is 2.84. The Balaban J connectivity index is 1.75. The Morgan fingerprint density at radius 2 is 2.11 bits per heavy atom. The van der Waals surface area contributed by atoms with Crippen molar-refractivity contribution in [3.63, 3.8) is 0 Å². The Morgan fingerprint density at radius 1 is 1.28 bits per heavy atom. The van der Waals surface area contributed by atoms with Crippen LogP contribution in [0.15, 0.2) is 55.4 Å². The summed E-state index contributed by atoms with van der Waals surface area (Å²) in [5, 5.41) is 3.35. The maximum atomic E-state index is 4.28. The molecule has 18 heavy (non-hydrogen) atoms.